The molecule has 361 valence electrons. The molecule has 5 N–H and O–H groups in total. The maximum atomic E-state index is 13.1. The molecule has 18 nitrogen and oxygen atoms in total. The van der Waals surface area contributed by atoms with Crippen LogP contribution in [-0.4, -0.2) is 40.8 Å². The van der Waals surface area contributed by atoms with E-state index in [1.165, 1.54) is 41.0 Å². The van der Waals surface area contributed by atoms with Gasteiger partial charge in [0.2, 0.25) is 17.7 Å². The van der Waals surface area contributed by atoms with Gasteiger partial charge in [0.05, 0.1) is 41.0 Å². The number of aliphatic hydroxyl groups excluding tert-OH is 1. The number of carbonyl (C=O) groups is 1. The van der Waals surface area contributed by atoms with Crippen LogP contribution < -0.4 is 21.3 Å². The standard InChI is InChI=1S/C26H21N7OS.C26H19N7OS.Mn.2O/c2*1-16-12-19(4-3-9-27)13-17(2)22(16)32-24-21(23(34)25-29-10-11-35-25)15-30-26(33-24)31-20-7-5-18(14-28)6-8-20;;;/h3-8,10-13,15,23,34H,1-2H3,(H2,30,31,32,33);3-8,10-13,15H,1-2H3,(H2,30,31,32,33);;;/b2*4-3+;;;. The fourth-order valence-corrected chi connectivity index (χ4v) is 8.24. The number of hydrogen-bond acceptors (Lipinski definition) is 20. The number of nitrogens with zero attached hydrogens (tertiary/aromatic N) is 10. The SMILES string of the molecule is Cc1cc(/C=C/C#N)cc(C)c1Nc1nc(Nc2ccc(C#N)cc2)ncc1C(=O)c1nccs1.Cc1cc(/C=C/C#N)cc(C)c1Nc1nc(Nc2ccc(C#N)cc2)ncc1C(O)c1nccs1.[O]=[Mn]=[O]. The van der Waals surface area contributed by atoms with Crippen LogP contribution in [0.15, 0.2) is 120 Å². The van der Waals surface area contributed by atoms with Gasteiger partial charge in [0.25, 0.3) is 0 Å². The van der Waals surface area contributed by atoms with Gasteiger partial charge in [0.15, 0.2) is 5.01 Å². The summed E-state index contributed by atoms with van der Waals surface area (Å²) in [4.78, 5) is 39.5. The number of hydrogen-bond donors (Lipinski definition) is 5. The van der Waals surface area contributed by atoms with Crippen LogP contribution in [0.4, 0.5) is 46.3 Å². The molecule has 4 aromatic carbocycles. The summed E-state index contributed by atoms with van der Waals surface area (Å²) in [5.74, 6) is 1.11. The van der Waals surface area contributed by atoms with E-state index in [4.69, 9.17) is 28.7 Å². The van der Waals surface area contributed by atoms with E-state index in [0.717, 1.165) is 50.4 Å². The molecule has 0 aliphatic heterocycles. The van der Waals surface area contributed by atoms with Crippen LogP contribution in [-0.2, 0) is 22.5 Å². The molecule has 0 amide bonds. The van der Waals surface area contributed by atoms with Gasteiger partial charge in [-0.05, 0) is 146 Å². The first-order chi connectivity index (χ1) is 35.4. The van der Waals surface area contributed by atoms with Gasteiger partial charge in [-0.1, -0.05) is 0 Å². The molecule has 0 spiro atoms. The van der Waals surface area contributed by atoms with Crippen LogP contribution in [0, 0.1) is 73.0 Å². The molecule has 0 saturated heterocycles. The first kappa shape index (κ1) is 53.0. The monoisotopic (exact) mass is 1040 g/mol. The Morgan fingerprint density at radius 2 is 1.08 bits per heavy atom. The fourth-order valence-electron chi connectivity index (χ4n) is 7.01. The molecule has 73 heavy (non-hydrogen) atoms. The molecular weight excluding hydrogens is 1000 g/mol. The number of aromatic nitrogens is 6. The zero-order valence-electron chi connectivity index (χ0n) is 39.1. The van der Waals surface area contributed by atoms with Crippen LogP contribution in [0.2, 0.25) is 0 Å². The molecule has 0 saturated carbocycles. The quantitative estimate of drug-likeness (QED) is 0.0384. The van der Waals surface area contributed by atoms with Crippen molar-refractivity contribution in [2.24, 2.45) is 0 Å². The van der Waals surface area contributed by atoms with Gasteiger partial charge in [-0.3, -0.25) is 4.79 Å². The molecule has 8 aromatic rings. The van der Waals surface area contributed by atoms with Crippen molar-refractivity contribution in [1.29, 1.82) is 21.0 Å². The van der Waals surface area contributed by atoms with Crippen LogP contribution in [0.1, 0.15) is 76.5 Å². The summed E-state index contributed by atoms with van der Waals surface area (Å²) < 4.78 is 16.8. The Hall–Kier alpha value is -9.31. The summed E-state index contributed by atoms with van der Waals surface area (Å²) in [5.41, 5.74) is 10.5. The van der Waals surface area contributed by atoms with Crippen LogP contribution >= 0.6 is 22.7 Å². The first-order valence-electron chi connectivity index (χ1n) is 21.5. The molecule has 4 heterocycles. The number of nitriles is 4. The van der Waals surface area contributed by atoms with Crippen molar-refractivity contribution in [3.8, 4) is 24.3 Å². The molecule has 21 heteroatoms. The predicted molar refractivity (Wildman–Crippen MR) is 274 cm³/mol. The van der Waals surface area contributed by atoms with Crippen LogP contribution in [0.25, 0.3) is 12.2 Å². The second-order valence-corrected chi connectivity index (χ2v) is 17.3. The van der Waals surface area contributed by atoms with Gasteiger partial charge >= 0.3 is 22.5 Å². The Balaban J connectivity index is 0.000000226. The number of aryl methyl sites for hydroxylation is 4. The van der Waals surface area contributed by atoms with E-state index < -0.39 is 20.9 Å². The first-order valence-corrected chi connectivity index (χ1v) is 24.2. The van der Waals surface area contributed by atoms with Crippen LogP contribution in [0.3, 0.4) is 0 Å². The third-order valence-electron chi connectivity index (χ3n) is 10.3. The van der Waals surface area contributed by atoms with E-state index in [9.17, 15) is 9.90 Å². The molecule has 1 atom stereocenters. The van der Waals surface area contributed by atoms with E-state index >= 15 is 0 Å². The third-order valence-corrected chi connectivity index (χ3v) is 11.9. The van der Waals surface area contributed by atoms with Gasteiger partial charge < -0.3 is 26.4 Å². The molecule has 0 bridgehead atoms. The summed E-state index contributed by atoms with van der Waals surface area (Å²) in [5, 5.41) is 64.0. The van der Waals surface area contributed by atoms with Crippen molar-refractivity contribution in [2.45, 2.75) is 33.8 Å². The van der Waals surface area contributed by atoms with E-state index in [0.29, 0.717) is 50.0 Å². The van der Waals surface area contributed by atoms with Crippen molar-refractivity contribution in [3.05, 3.63) is 186 Å². The number of nitrogens with one attached hydrogen (secondary N) is 4. The third kappa shape index (κ3) is 14.4. The number of ketones is 1. The van der Waals surface area contributed by atoms with Crippen molar-refractivity contribution in [3.63, 3.8) is 0 Å². The summed E-state index contributed by atoms with van der Waals surface area (Å²) in [7, 11) is 0. The van der Waals surface area contributed by atoms with Gasteiger partial charge in [-0.15, -0.1) is 22.7 Å². The van der Waals surface area contributed by atoms with E-state index in [2.05, 4.69) is 63.3 Å². The predicted octanol–water partition coefficient (Wildman–Crippen LogP) is 11.0. The number of thiazole rings is 2. The summed E-state index contributed by atoms with van der Waals surface area (Å²) in [6, 6.07) is 29.9. The molecule has 0 aliphatic carbocycles. The minimum absolute atomic E-state index is 0.281. The molecule has 8 rings (SSSR count). The van der Waals surface area contributed by atoms with Crippen molar-refractivity contribution in [1.82, 2.24) is 29.9 Å². The van der Waals surface area contributed by atoms with E-state index in [1.54, 1.807) is 90.0 Å². The molecule has 0 fully saturated rings. The Labute approximate surface area is 433 Å². The average molecular weight is 1040 g/mol. The van der Waals surface area contributed by atoms with Gasteiger partial charge in [0.1, 0.15) is 22.7 Å². The molecule has 0 radical (unpaired) electrons. The molecular formula is C52H40MnN14O4S2. The number of aliphatic hydroxyl groups is 1. The number of rotatable bonds is 14. The summed E-state index contributed by atoms with van der Waals surface area (Å²) in [6.45, 7) is 7.82. The zero-order chi connectivity index (χ0) is 52.3. The minimum atomic E-state index is -1.44. The molecule has 0 aliphatic rings. The summed E-state index contributed by atoms with van der Waals surface area (Å²) in [6.07, 6.45) is 11.6. The number of carbonyl (C=O) groups excluding carboxylic acids is 1. The number of anilines is 8. The second kappa shape index (κ2) is 26.1. The van der Waals surface area contributed by atoms with Gasteiger partial charge in [0, 0.05) is 76.0 Å². The molecule has 4 aromatic heterocycles. The zero-order valence-corrected chi connectivity index (χ0v) is 41.9. The van der Waals surface area contributed by atoms with Crippen molar-refractivity contribution >= 4 is 86.9 Å². The second-order valence-electron chi connectivity index (χ2n) is 15.3. The Bertz CT molecular complexity index is 3470. The number of benzene rings is 4. The normalized spacial score (nSPS) is 10.8. The topological polar surface area (TPSA) is 292 Å². The van der Waals surface area contributed by atoms with Crippen molar-refractivity contribution in [2.75, 3.05) is 21.3 Å². The summed E-state index contributed by atoms with van der Waals surface area (Å²) >= 11 is 1.16. The van der Waals surface area contributed by atoms with Gasteiger partial charge in [-0.2, -0.15) is 31.0 Å². The van der Waals surface area contributed by atoms with Crippen LogP contribution in [0.5, 0.6) is 0 Å². The average Bonchev–Trinajstić information content (AvgIpc) is 4.15. The molecule has 1 unspecified atom stereocenters. The van der Waals surface area contributed by atoms with Gasteiger partial charge in [-0.25, -0.2) is 19.9 Å². The van der Waals surface area contributed by atoms with E-state index in [1.807, 2.05) is 64.1 Å². The Morgan fingerprint density at radius 1 is 0.630 bits per heavy atom. The Kier molecular flexibility index (Phi) is 18.9. The fraction of sp³-hybridized carbons (Fsp3) is 0.0962. The Morgan fingerprint density at radius 3 is 1.52 bits per heavy atom. The number of allylic oxidation sites excluding steroid dienone is 2. The maximum absolute atomic E-state index is 13.1. The van der Waals surface area contributed by atoms with Crippen molar-refractivity contribution < 1.29 is 32.4 Å². The van der Waals surface area contributed by atoms with E-state index in [-0.39, 0.29) is 17.3 Å².